The van der Waals surface area contributed by atoms with E-state index < -0.39 is 41.1 Å². The van der Waals surface area contributed by atoms with Crippen molar-refractivity contribution < 1.29 is 37.0 Å². The Kier molecular flexibility index (Phi) is 6.93. The summed E-state index contributed by atoms with van der Waals surface area (Å²) < 4.78 is 52.3. The maximum Gasteiger partial charge on any atom is 0.434 e. The third-order valence-corrected chi connectivity index (χ3v) is 7.77. The zero-order valence-electron chi connectivity index (χ0n) is 20.9. The molecule has 4 saturated carbocycles. The third-order valence-electron chi connectivity index (χ3n) is 7.77. The Morgan fingerprint density at radius 2 is 1.86 bits per heavy atom. The highest BCUT2D eigenvalue weighted by atomic mass is 19.4. The van der Waals surface area contributed by atoms with Crippen molar-refractivity contribution in [2.45, 2.75) is 63.7 Å². The number of nitrogens with one attached hydrogen (secondary N) is 2. The minimum absolute atomic E-state index is 0.0844. The molecule has 3 amide bonds. The molecule has 13 heteroatoms. The molecule has 10 nitrogen and oxygen atoms in total. The summed E-state index contributed by atoms with van der Waals surface area (Å²) in [5, 5.41) is 9.14. The number of nitrogens with two attached hydrogens (primary N) is 1. The highest BCUT2D eigenvalue weighted by Crippen LogP contribution is 2.60. The van der Waals surface area contributed by atoms with E-state index in [0.717, 1.165) is 31.7 Å². The van der Waals surface area contributed by atoms with Gasteiger partial charge in [0.05, 0.1) is 31.0 Å². The second kappa shape index (κ2) is 9.56. The SMILES string of the molecule is COC(=O)NC(C)(C)/C=C/n1ncc(C(=O)N[C@H]2C3CC4CC2C[C@](COC(N)=O)(C4)C3)c1C(F)(F)F. The molecule has 204 valence electrons. The lowest BCUT2D eigenvalue weighted by molar-refractivity contribution is -0.142. The number of halogens is 3. The maximum absolute atomic E-state index is 14.0. The molecule has 1 aromatic heterocycles. The van der Waals surface area contributed by atoms with Gasteiger partial charge in [0.1, 0.15) is 0 Å². The fraction of sp³-hybridized carbons (Fsp3) is 0.667. The number of ether oxygens (including phenoxy) is 2. The quantitative estimate of drug-likeness (QED) is 0.496. The van der Waals surface area contributed by atoms with Gasteiger partial charge in [0.15, 0.2) is 5.69 Å². The van der Waals surface area contributed by atoms with Crippen LogP contribution in [0.25, 0.3) is 6.20 Å². The van der Waals surface area contributed by atoms with Crippen LogP contribution in [0.3, 0.4) is 0 Å². The van der Waals surface area contributed by atoms with Crippen LogP contribution in [0.15, 0.2) is 12.3 Å². The van der Waals surface area contributed by atoms with E-state index in [4.69, 9.17) is 10.5 Å². The Bertz CT molecular complexity index is 1080. The summed E-state index contributed by atoms with van der Waals surface area (Å²) in [6.45, 7) is 3.36. The topological polar surface area (TPSA) is 138 Å². The van der Waals surface area contributed by atoms with E-state index in [1.165, 1.54) is 13.2 Å². The van der Waals surface area contributed by atoms with E-state index in [2.05, 4.69) is 20.5 Å². The van der Waals surface area contributed by atoms with Crippen LogP contribution in [0.2, 0.25) is 0 Å². The first-order valence-electron chi connectivity index (χ1n) is 12.2. The molecule has 0 aliphatic heterocycles. The molecule has 0 saturated heterocycles. The number of rotatable bonds is 7. The lowest BCUT2D eigenvalue weighted by Crippen LogP contribution is -2.60. The molecule has 1 heterocycles. The number of alkyl halides is 3. The summed E-state index contributed by atoms with van der Waals surface area (Å²) in [6.07, 6.45) is 0.956. The van der Waals surface area contributed by atoms with Gasteiger partial charge < -0.3 is 25.8 Å². The highest BCUT2D eigenvalue weighted by Gasteiger charge is 2.56. The monoisotopic (exact) mass is 527 g/mol. The molecule has 5 rings (SSSR count). The van der Waals surface area contributed by atoms with Crippen molar-refractivity contribution in [2.75, 3.05) is 13.7 Å². The summed E-state index contributed by atoms with van der Waals surface area (Å²) >= 11 is 0. The van der Waals surface area contributed by atoms with Crippen molar-refractivity contribution in [1.29, 1.82) is 0 Å². The van der Waals surface area contributed by atoms with Gasteiger partial charge in [-0.25, -0.2) is 14.3 Å². The van der Waals surface area contributed by atoms with Gasteiger partial charge in [0.2, 0.25) is 0 Å². The molecule has 0 radical (unpaired) electrons. The second-order valence-corrected chi connectivity index (χ2v) is 11.1. The van der Waals surface area contributed by atoms with E-state index >= 15 is 0 Å². The molecule has 4 N–H and O–H groups in total. The van der Waals surface area contributed by atoms with Crippen LogP contribution in [0, 0.1) is 23.2 Å². The van der Waals surface area contributed by atoms with Crippen LogP contribution in [-0.2, 0) is 15.7 Å². The van der Waals surface area contributed by atoms with E-state index in [0.29, 0.717) is 23.4 Å². The summed E-state index contributed by atoms with van der Waals surface area (Å²) in [7, 11) is 1.17. The summed E-state index contributed by atoms with van der Waals surface area (Å²) in [5.74, 6) is -0.233. The van der Waals surface area contributed by atoms with Crippen molar-refractivity contribution in [3.05, 3.63) is 23.5 Å². The smallest absolute Gasteiger partial charge is 0.434 e. The number of alkyl carbamates (subject to hydrolysis) is 1. The Hall–Kier alpha value is -3.25. The Labute approximate surface area is 212 Å². The van der Waals surface area contributed by atoms with Crippen molar-refractivity contribution in [2.24, 2.45) is 28.9 Å². The van der Waals surface area contributed by atoms with Gasteiger partial charge in [0, 0.05) is 17.7 Å². The maximum atomic E-state index is 14.0. The standard InChI is InChI=1S/C24H32F3N5O5/c1-22(2,31-21(35)36-3)4-5-32-18(24(25,26)27)16(11-29-32)19(33)30-17-14-6-13-7-15(17)10-23(8-13,9-14)12-37-20(28)34/h4-5,11,13-15,17H,6-10,12H2,1-3H3,(H2,28,34)(H,30,33)(H,31,35)/b5-4+/t13?,14?,15?,17-,23-. The molecule has 2 unspecified atom stereocenters. The summed E-state index contributed by atoms with van der Waals surface area (Å²) in [6, 6.07) is -0.270. The zero-order valence-corrected chi connectivity index (χ0v) is 20.9. The minimum atomic E-state index is -4.85. The lowest BCUT2D eigenvalue weighted by atomic mass is 9.48. The number of amides is 3. The average molecular weight is 528 g/mol. The van der Waals surface area contributed by atoms with Crippen molar-refractivity contribution >= 4 is 24.3 Å². The number of hydrogen-bond donors (Lipinski definition) is 3. The highest BCUT2D eigenvalue weighted by molar-refractivity contribution is 5.95. The normalized spacial score (nSPS) is 28.8. The number of aromatic nitrogens is 2. The Morgan fingerprint density at radius 3 is 2.43 bits per heavy atom. The number of methoxy groups -OCH3 is 1. The van der Waals surface area contributed by atoms with Gasteiger partial charge in [-0.3, -0.25) is 4.79 Å². The molecule has 1 aromatic rings. The average Bonchev–Trinajstić information content (AvgIpc) is 3.23. The number of carbonyl (C=O) groups is 3. The van der Waals surface area contributed by atoms with Crippen LogP contribution < -0.4 is 16.4 Å². The Balaban J connectivity index is 1.52. The van der Waals surface area contributed by atoms with Crippen LogP contribution in [-0.4, -0.2) is 53.2 Å². The van der Waals surface area contributed by atoms with E-state index in [9.17, 15) is 27.6 Å². The second-order valence-electron chi connectivity index (χ2n) is 11.1. The molecule has 4 fully saturated rings. The summed E-state index contributed by atoms with van der Waals surface area (Å²) in [4.78, 5) is 35.8. The van der Waals surface area contributed by atoms with Crippen molar-refractivity contribution in [3.8, 4) is 0 Å². The van der Waals surface area contributed by atoms with Gasteiger partial charge in [-0.05, 0) is 69.8 Å². The first kappa shape index (κ1) is 26.8. The molecular weight excluding hydrogens is 495 g/mol. The molecule has 0 spiro atoms. The van der Waals surface area contributed by atoms with Gasteiger partial charge in [-0.15, -0.1) is 0 Å². The molecule has 37 heavy (non-hydrogen) atoms. The fourth-order valence-corrected chi connectivity index (χ4v) is 6.60. The van der Waals surface area contributed by atoms with Crippen LogP contribution >= 0.6 is 0 Å². The number of carbonyl (C=O) groups excluding carboxylic acids is 3. The number of primary amides is 1. The molecule has 4 bridgehead atoms. The first-order chi connectivity index (χ1) is 17.2. The predicted molar refractivity (Wildman–Crippen MR) is 125 cm³/mol. The van der Waals surface area contributed by atoms with Gasteiger partial charge in [-0.1, -0.05) is 0 Å². The van der Waals surface area contributed by atoms with Gasteiger partial charge >= 0.3 is 18.4 Å². The largest absolute Gasteiger partial charge is 0.453 e. The van der Waals surface area contributed by atoms with Crippen LogP contribution in [0.1, 0.15) is 62.0 Å². The Morgan fingerprint density at radius 1 is 1.22 bits per heavy atom. The van der Waals surface area contributed by atoms with Gasteiger partial charge in [-0.2, -0.15) is 18.3 Å². The van der Waals surface area contributed by atoms with Crippen molar-refractivity contribution in [1.82, 2.24) is 20.4 Å². The molecule has 2 atom stereocenters. The minimum Gasteiger partial charge on any atom is -0.453 e. The lowest BCUT2D eigenvalue weighted by Gasteiger charge is -2.59. The van der Waals surface area contributed by atoms with E-state index in [1.807, 2.05) is 0 Å². The van der Waals surface area contributed by atoms with Crippen LogP contribution in [0.5, 0.6) is 0 Å². The molecular formula is C24H32F3N5O5. The molecule has 0 aromatic carbocycles. The van der Waals surface area contributed by atoms with E-state index in [-0.39, 0.29) is 29.9 Å². The third kappa shape index (κ3) is 5.69. The summed E-state index contributed by atoms with van der Waals surface area (Å²) in [5.41, 5.74) is 2.15. The van der Waals surface area contributed by atoms with Crippen LogP contribution in [0.4, 0.5) is 22.8 Å². The zero-order chi connectivity index (χ0) is 27.2. The molecule has 4 aliphatic carbocycles. The number of hydrogen-bond acceptors (Lipinski definition) is 6. The van der Waals surface area contributed by atoms with Gasteiger partial charge in [0.25, 0.3) is 5.91 Å². The van der Waals surface area contributed by atoms with E-state index in [1.54, 1.807) is 13.8 Å². The number of nitrogens with zero attached hydrogens (tertiary/aromatic N) is 2. The first-order valence-corrected chi connectivity index (χ1v) is 12.2. The fourth-order valence-electron chi connectivity index (χ4n) is 6.60. The molecule has 4 aliphatic rings. The predicted octanol–water partition coefficient (Wildman–Crippen LogP) is 3.53. The van der Waals surface area contributed by atoms with Crippen molar-refractivity contribution in [3.63, 3.8) is 0 Å².